The van der Waals surface area contributed by atoms with Crippen molar-refractivity contribution in [3.8, 4) is 0 Å². The van der Waals surface area contributed by atoms with Crippen LogP contribution in [-0.2, 0) is 5.75 Å². The first-order valence-corrected chi connectivity index (χ1v) is 9.77. The molecule has 0 fully saturated rings. The summed E-state index contributed by atoms with van der Waals surface area (Å²) >= 11 is 17.5. The highest BCUT2D eigenvalue weighted by molar-refractivity contribution is 14.1. The van der Waals surface area contributed by atoms with Gasteiger partial charge in [0.15, 0.2) is 14.6 Å². The second-order valence-corrected chi connectivity index (χ2v) is 8.61. The fourth-order valence-corrected chi connectivity index (χ4v) is 4.98. The Morgan fingerprint density at radius 3 is 2.86 bits per heavy atom. The van der Waals surface area contributed by atoms with Gasteiger partial charge < -0.3 is 0 Å². The highest BCUT2D eigenvalue weighted by atomic mass is 127. The molecule has 0 saturated carbocycles. The van der Waals surface area contributed by atoms with Crippen molar-refractivity contribution in [1.82, 2.24) is 10.2 Å². The molecule has 4 nitrogen and oxygen atoms in total. The Kier molecular flexibility index (Phi) is 5.39. The molecule has 3 rings (SSSR count). The molecule has 2 heterocycles. The van der Waals surface area contributed by atoms with Crippen LogP contribution in [0.2, 0.25) is 10.2 Å². The largest absolute Gasteiger partial charge is 0.264 e. The Labute approximate surface area is 160 Å². The van der Waals surface area contributed by atoms with Crippen molar-refractivity contribution >= 4 is 79.4 Å². The zero-order chi connectivity index (χ0) is 15.7. The first-order chi connectivity index (χ1) is 10.5. The van der Waals surface area contributed by atoms with Gasteiger partial charge in [-0.2, -0.15) is 5.10 Å². The predicted molar refractivity (Wildman–Crippen MR) is 104 cm³/mol. The Hall–Kier alpha value is -0.220. The summed E-state index contributed by atoms with van der Waals surface area (Å²) in [6.45, 7) is 0. The maximum absolute atomic E-state index is 6.26. The third kappa shape index (κ3) is 3.81. The maximum atomic E-state index is 6.26. The molecular weight excluding hydrogens is 474 g/mol. The van der Waals surface area contributed by atoms with Gasteiger partial charge in [-0.25, -0.2) is 0 Å². The number of anilines is 1. The number of benzene rings is 1. The van der Waals surface area contributed by atoms with Crippen molar-refractivity contribution < 1.29 is 0 Å². The summed E-state index contributed by atoms with van der Waals surface area (Å²) in [7, 11) is 1.87. The lowest BCUT2D eigenvalue weighted by molar-refractivity contribution is 0.884. The van der Waals surface area contributed by atoms with Crippen LogP contribution in [0.3, 0.4) is 0 Å². The number of hydrazone groups is 1. The minimum Gasteiger partial charge on any atom is -0.264 e. The van der Waals surface area contributed by atoms with Gasteiger partial charge in [0.2, 0.25) is 0 Å². The monoisotopic (exact) mass is 482 g/mol. The van der Waals surface area contributed by atoms with E-state index in [9.17, 15) is 0 Å². The lowest BCUT2D eigenvalue weighted by Crippen LogP contribution is -2.17. The average molecular weight is 483 g/mol. The molecule has 2 aromatic rings. The number of halogens is 3. The number of aromatic nitrogens is 2. The summed E-state index contributed by atoms with van der Waals surface area (Å²) < 4.78 is 2.03. The van der Waals surface area contributed by atoms with Gasteiger partial charge in [0.25, 0.3) is 0 Å². The molecule has 0 amide bonds. The lowest BCUT2D eigenvalue weighted by atomic mass is 10.2. The normalized spacial score (nSPS) is 13.8. The van der Waals surface area contributed by atoms with E-state index in [-0.39, 0.29) is 0 Å². The fraction of sp³-hybridized carbons (Fsp3) is 0.154. The molecule has 0 N–H and O–H groups in total. The maximum Gasteiger partial charge on any atom is 0.157 e. The van der Waals surface area contributed by atoms with Crippen LogP contribution in [0.4, 0.5) is 5.69 Å². The third-order valence-corrected chi connectivity index (χ3v) is 6.18. The van der Waals surface area contributed by atoms with E-state index in [0.29, 0.717) is 5.15 Å². The summed E-state index contributed by atoms with van der Waals surface area (Å²) in [4.78, 5) is 0. The van der Waals surface area contributed by atoms with E-state index in [0.717, 1.165) is 35.0 Å². The molecule has 1 aliphatic rings. The molecule has 0 bridgehead atoms. The van der Waals surface area contributed by atoms with Crippen molar-refractivity contribution in [3.63, 3.8) is 0 Å². The van der Waals surface area contributed by atoms with E-state index in [2.05, 4.69) is 37.9 Å². The van der Waals surface area contributed by atoms with Gasteiger partial charge >= 0.3 is 0 Å². The Morgan fingerprint density at radius 2 is 2.09 bits per heavy atom. The van der Waals surface area contributed by atoms with Crippen LogP contribution in [0.1, 0.15) is 5.56 Å². The second-order valence-electron chi connectivity index (χ2n) is 4.37. The molecular formula is C13H9Cl2IN4S2. The van der Waals surface area contributed by atoms with E-state index >= 15 is 0 Å². The van der Waals surface area contributed by atoms with Crippen LogP contribution < -0.4 is 5.01 Å². The standard InChI is InChI=1S/C13H9Cl2IN4S2/c1-20-10-5-11(15)17-18-12(10)22-13(19-20)21-6-7-2-3-8(16)4-9(7)14/h2-5H,6H2,1H3. The van der Waals surface area contributed by atoms with E-state index in [1.165, 1.54) is 11.8 Å². The molecule has 0 unspecified atom stereocenters. The first-order valence-electron chi connectivity index (χ1n) is 6.13. The zero-order valence-corrected chi connectivity index (χ0v) is 16.6. The van der Waals surface area contributed by atoms with Gasteiger partial charge in [0, 0.05) is 27.5 Å². The molecule has 0 radical (unpaired) electrons. The molecule has 9 heteroatoms. The molecule has 22 heavy (non-hydrogen) atoms. The number of fused-ring (bicyclic) bond motifs is 1. The molecule has 0 atom stereocenters. The Morgan fingerprint density at radius 1 is 1.27 bits per heavy atom. The SMILES string of the molecule is CN1N=C(SCc2ccc(I)cc2Cl)Sc2nnc(Cl)cc21. The van der Waals surface area contributed by atoms with Crippen LogP contribution >= 0.6 is 69.3 Å². The molecule has 1 aliphatic heterocycles. The summed E-state index contributed by atoms with van der Waals surface area (Å²) in [6.07, 6.45) is 0. The molecule has 0 spiro atoms. The van der Waals surface area contributed by atoms with Crippen LogP contribution in [0, 0.1) is 3.57 Å². The Bertz CT molecular complexity index is 757. The van der Waals surface area contributed by atoms with Crippen molar-refractivity contribution in [2.24, 2.45) is 5.10 Å². The van der Waals surface area contributed by atoms with E-state index in [1.807, 2.05) is 25.2 Å². The van der Waals surface area contributed by atoms with Gasteiger partial charge in [-0.3, -0.25) is 5.01 Å². The number of hydrogen-bond acceptors (Lipinski definition) is 6. The molecule has 114 valence electrons. The number of rotatable bonds is 2. The average Bonchev–Trinajstić information content (AvgIpc) is 2.47. The fourth-order valence-electron chi connectivity index (χ4n) is 1.77. The van der Waals surface area contributed by atoms with Gasteiger partial charge in [-0.1, -0.05) is 41.0 Å². The smallest absolute Gasteiger partial charge is 0.157 e. The highest BCUT2D eigenvalue weighted by Gasteiger charge is 2.20. The van der Waals surface area contributed by atoms with Crippen molar-refractivity contribution in [2.75, 3.05) is 12.1 Å². The second kappa shape index (κ2) is 7.12. The van der Waals surface area contributed by atoms with Crippen LogP contribution in [0.15, 0.2) is 34.4 Å². The van der Waals surface area contributed by atoms with Crippen LogP contribution in [0.5, 0.6) is 0 Å². The third-order valence-electron chi connectivity index (χ3n) is 2.84. The summed E-state index contributed by atoms with van der Waals surface area (Å²) in [5.41, 5.74) is 1.95. The minimum absolute atomic E-state index is 0.364. The zero-order valence-electron chi connectivity index (χ0n) is 11.3. The van der Waals surface area contributed by atoms with Crippen molar-refractivity contribution in [2.45, 2.75) is 10.8 Å². The molecule has 1 aromatic heterocycles. The predicted octanol–water partition coefficient (Wildman–Crippen LogP) is 5.13. The minimum atomic E-state index is 0.364. The first kappa shape index (κ1) is 16.6. The summed E-state index contributed by atoms with van der Waals surface area (Å²) in [5.74, 6) is 0.756. The summed E-state index contributed by atoms with van der Waals surface area (Å²) in [6, 6.07) is 7.82. The molecule has 0 saturated heterocycles. The highest BCUT2D eigenvalue weighted by Crippen LogP contribution is 2.38. The lowest BCUT2D eigenvalue weighted by Gasteiger charge is -2.22. The van der Waals surface area contributed by atoms with E-state index in [4.69, 9.17) is 23.2 Å². The number of nitrogens with zero attached hydrogens (tertiary/aromatic N) is 4. The van der Waals surface area contributed by atoms with Crippen molar-refractivity contribution in [1.29, 1.82) is 0 Å². The number of thioether (sulfide) groups is 2. The van der Waals surface area contributed by atoms with Gasteiger partial charge in [0.05, 0.1) is 5.69 Å². The molecule has 1 aromatic carbocycles. The van der Waals surface area contributed by atoms with E-state index in [1.54, 1.807) is 22.8 Å². The van der Waals surface area contributed by atoms with Gasteiger partial charge in [-0.15, -0.1) is 10.2 Å². The van der Waals surface area contributed by atoms with Crippen LogP contribution in [0.25, 0.3) is 0 Å². The van der Waals surface area contributed by atoms with Gasteiger partial charge in [0.1, 0.15) is 0 Å². The number of hydrogen-bond donors (Lipinski definition) is 0. The van der Waals surface area contributed by atoms with Crippen LogP contribution in [-0.4, -0.2) is 21.6 Å². The molecule has 0 aliphatic carbocycles. The summed E-state index contributed by atoms with van der Waals surface area (Å²) in [5, 5.41) is 16.3. The quantitative estimate of drug-likeness (QED) is 0.554. The van der Waals surface area contributed by atoms with Crippen molar-refractivity contribution in [3.05, 3.63) is 43.6 Å². The Balaban J connectivity index is 1.73. The van der Waals surface area contributed by atoms with E-state index < -0.39 is 0 Å². The topological polar surface area (TPSA) is 41.4 Å². The van der Waals surface area contributed by atoms with Gasteiger partial charge in [-0.05, 0) is 52.0 Å².